The average Bonchev–Trinajstić information content (AvgIpc) is 2.38. The number of hydrogen-bond donors (Lipinski definition) is 1. The minimum absolute atomic E-state index is 0.356. The molecule has 0 spiro atoms. The van der Waals surface area contributed by atoms with Gasteiger partial charge in [0.05, 0.1) is 0 Å². The summed E-state index contributed by atoms with van der Waals surface area (Å²) in [4.78, 5) is 2.36. The van der Waals surface area contributed by atoms with Crippen LogP contribution in [0.1, 0.15) is 0 Å². The van der Waals surface area contributed by atoms with E-state index in [-0.39, 0.29) is 0 Å². The molecule has 1 aromatic carbocycles. The van der Waals surface area contributed by atoms with Gasteiger partial charge in [-0.05, 0) is 24.3 Å². The fraction of sp³-hybridized carbons (Fsp3) is 0.385. The summed E-state index contributed by atoms with van der Waals surface area (Å²) in [5.41, 5.74) is 1.24. The number of anilines is 1. The van der Waals surface area contributed by atoms with E-state index in [4.69, 9.17) is 16.3 Å². The van der Waals surface area contributed by atoms with E-state index >= 15 is 0 Å². The molecule has 92 valence electrons. The maximum Gasteiger partial charge on any atom is 0.123 e. The van der Waals surface area contributed by atoms with Gasteiger partial charge in [-0.1, -0.05) is 18.2 Å². The molecule has 1 aliphatic rings. The van der Waals surface area contributed by atoms with Crippen LogP contribution in [0.25, 0.3) is 0 Å². The smallest absolute Gasteiger partial charge is 0.123 e. The van der Waals surface area contributed by atoms with Gasteiger partial charge in [0.15, 0.2) is 0 Å². The first-order valence-electron chi connectivity index (χ1n) is 5.77. The van der Waals surface area contributed by atoms with Gasteiger partial charge in [-0.2, -0.15) is 0 Å². The van der Waals surface area contributed by atoms with E-state index in [9.17, 15) is 0 Å². The van der Waals surface area contributed by atoms with Crippen molar-refractivity contribution in [2.75, 3.05) is 37.7 Å². The lowest BCUT2D eigenvalue weighted by Crippen LogP contribution is -2.43. The third-order valence-corrected chi connectivity index (χ3v) is 2.82. The van der Waals surface area contributed by atoms with Crippen molar-refractivity contribution in [3.05, 3.63) is 35.9 Å². The second-order valence-electron chi connectivity index (χ2n) is 4.04. The second kappa shape index (κ2) is 5.94. The summed E-state index contributed by atoms with van der Waals surface area (Å²) >= 11 is 5.65. The third-order valence-electron chi connectivity index (χ3n) is 2.71. The van der Waals surface area contributed by atoms with Gasteiger partial charge in [0.1, 0.15) is 12.4 Å². The van der Waals surface area contributed by atoms with Gasteiger partial charge in [-0.15, -0.1) is 0 Å². The highest BCUT2D eigenvalue weighted by Gasteiger charge is 2.09. The van der Waals surface area contributed by atoms with E-state index in [1.807, 2.05) is 12.1 Å². The van der Waals surface area contributed by atoms with Crippen LogP contribution in [0.4, 0.5) is 5.69 Å². The number of hydrogen-bond acceptors (Lipinski definition) is 3. The molecule has 3 nitrogen and oxygen atoms in total. The zero-order chi connectivity index (χ0) is 12.1. The van der Waals surface area contributed by atoms with Crippen LogP contribution >= 0.6 is 11.6 Å². The lowest BCUT2D eigenvalue weighted by atomic mass is 10.2. The van der Waals surface area contributed by atoms with Crippen LogP contribution in [-0.2, 0) is 0 Å². The minimum Gasteiger partial charge on any atom is -0.488 e. The topological polar surface area (TPSA) is 24.5 Å². The number of nitrogens with zero attached hydrogens (tertiary/aromatic N) is 1. The van der Waals surface area contributed by atoms with Crippen molar-refractivity contribution in [2.24, 2.45) is 0 Å². The Morgan fingerprint density at radius 2 is 1.94 bits per heavy atom. The molecule has 0 unspecified atom stereocenters. The standard InChI is InChI=1S/C13H17ClN2O/c1-11(14)10-17-13-4-2-12(3-5-13)16-8-6-15-7-9-16/h2-5,15H,1,6-10H2. The SMILES string of the molecule is C=C(Cl)COc1ccc(N2CCNCC2)cc1. The van der Waals surface area contributed by atoms with Crippen molar-refractivity contribution in [1.29, 1.82) is 0 Å². The van der Waals surface area contributed by atoms with Crippen molar-refractivity contribution in [2.45, 2.75) is 0 Å². The fourth-order valence-corrected chi connectivity index (χ4v) is 1.89. The molecule has 0 saturated carbocycles. The first kappa shape index (κ1) is 12.3. The summed E-state index contributed by atoms with van der Waals surface area (Å²) in [6, 6.07) is 8.10. The molecule has 2 rings (SSSR count). The fourth-order valence-electron chi connectivity index (χ4n) is 1.84. The predicted molar refractivity (Wildman–Crippen MR) is 72.0 cm³/mol. The molecule has 0 radical (unpaired) electrons. The second-order valence-corrected chi connectivity index (χ2v) is 4.57. The molecule has 1 aliphatic heterocycles. The highest BCUT2D eigenvalue weighted by Crippen LogP contribution is 2.20. The number of benzene rings is 1. The maximum atomic E-state index is 5.65. The Morgan fingerprint density at radius 1 is 1.29 bits per heavy atom. The van der Waals surface area contributed by atoms with Crippen LogP contribution in [0.2, 0.25) is 0 Å². The summed E-state index contributed by atoms with van der Waals surface area (Å²) in [5, 5.41) is 3.85. The van der Waals surface area contributed by atoms with E-state index in [0.29, 0.717) is 11.6 Å². The monoisotopic (exact) mass is 252 g/mol. The Kier molecular flexibility index (Phi) is 4.29. The van der Waals surface area contributed by atoms with E-state index in [1.165, 1.54) is 5.69 Å². The number of ether oxygens (including phenoxy) is 1. The Bertz CT molecular complexity index is 372. The molecule has 1 fully saturated rings. The summed E-state index contributed by atoms with van der Waals surface area (Å²) in [5.74, 6) is 0.825. The Morgan fingerprint density at radius 3 is 2.53 bits per heavy atom. The van der Waals surface area contributed by atoms with Crippen molar-refractivity contribution in [3.63, 3.8) is 0 Å². The molecular formula is C13H17ClN2O. The van der Waals surface area contributed by atoms with E-state index < -0.39 is 0 Å². The molecule has 1 aromatic rings. The molecule has 0 amide bonds. The molecule has 1 heterocycles. The number of nitrogens with one attached hydrogen (secondary N) is 1. The molecule has 0 atom stereocenters. The zero-order valence-electron chi connectivity index (χ0n) is 9.79. The zero-order valence-corrected chi connectivity index (χ0v) is 10.5. The van der Waals surface area contributed by atoms with Gasteiger partial charge in [0.2, 0.25) is 0 Å². The summed E-state index contributed by atoms with van der Waals surface area (Å²) in [7, 11) is 0. The number of rotatable bonds is 4. The largest absolute Gasteiger partial charge is 0.488 e. The summed E-state index contributed by atoms with van der Waals surface area (Å²) in [6.45, 7) is 8.14. The van der Waals surface area contributed by atoms with Crippen LogP contribution < -0.4 is 15.0 Å². The molecule has 4 heteroatoms. The molecule has 0 bridgehead atoms. The molecule has 17 heavy (non-hydrogen) atoms. The van der Waals surface area contributed by atoms with E-state index in [1.54, 1.807) is 0 Å². The van der Waals surface area contributed by atoms with Crippen molar-refractivity contribution < 1.29 is 4.74 Å². The van der Waals surface area contributed by atoms with Gasteiger partial charge in [-0.3, -0.25) is 0 Å². The molecule has 0 aliphatic carbocycles. The van der Waals surface area contributed by atoms with Gasteiger partial charge in [0, 0.05) is 36.9 Å². The van der Waals surface area contributed by atoms with Gasteiger partial charge >= 0.3 is 0 Å². The minimum atomic E-state index is 0.356. The van der Waals surface area contributed by atoms with Crippen LogP contribution in [0.15, 0.2) is 35.9 Å². The highest BCUT2D eigenvalue weighted by molar-refractivity contribution is 6.29. The van der Waals surface area contributed by atoms with Crippen molar-refractivity contribution in [1.82, 2.24) is 5.32 Å². The summed E-state index contributed by atoms with van der Waals surface area (Å²) < 4.78 is 5.45. The van der Waals surface area contributed by atoms with Crippen LogP contribution in [-0.4, -0.2) is 32.8 Å². The molecule has 1 saturated heterocycles. The first-order valence-corrected chi connectivity index (χ1v) is 6.15. The van der Waals surface area contributed by atoms with Crippen molar-refractivity contribution in [3.8, 4) is 5.75 Å². The molecular weight excluding hydrogens is 236 g/mol. The van der Waals surface area contributed by atoms with E-state index in [2.05, 4.69) is 28.9 Å². The Hall–Kier alpha value is -1.19. The van der Waals surface area contributed by atoms with Gasteiger partial charge in [0.25, 0.3) is 0 Å². The third kappa shape index (κ3) is 3.65. The van der Waals surface area contributed by atoms with Crippen LogP contribution in [0, 0.1) is 0 Å². The number of piperazine rings is 1. The quantitative estimate of drug-likeness (QED) is 0.890. The van der Waals surface area contributed by atoms with Gasteiger partial charge < -0.3 is 15.0 Å². The Labute approximate surface area is 107 Å². The average molecular weight is 253 g/mol. The molecule has 1 N–H and O–H groups in total. The van der Waals surface area contributed by atoms with Gasteiger partial charge in [-0.25, -0.2) is 0 Å². The highest BCUT2D eigenvalue weighted by atomic mass is 35.5. The Balaban J connectivity index is 1.94. The first-order chi connectivity index (χ1) is 8.25. The molecule has 0 aromatic heterocycles. The predicted octanol–water partition coefficient (Wildman–Crippen LogP) is 2.23. The summed E-state index contributed by atoms with van der Waals surface area (Å²) in [6.07, 6.45) is 0. The lowest BCUT2D eigenvalue weighted by molar-refractivity contribution is 0.359. The van der Waals surface area contributed by atoms with Crippen LogP contribution in [0.5, 0.6) is 5.75 Å². The van der Waals surface area contributed by atoms with E-state index in [0.717, 1.165) is 31.9 Å². The lowest BCUT2D eigenvalue weighted by Gasteiger charge is -2.29. The maximum absolute atomic E-state index is 5.65. The van der Waals surface area contributed by atoms with Crippen LogP contribution in [0.3, 0.4) is 0 Å². The van der Waals surface area contributed by atoms with Crippen molar-refractivity contribution >= 4 is 17.3 Å². The number of halogens is 1. The normalized spacial score (nSPS) is 15.7.